The molecule has 0 aliphatic heterocycles. The van der Waals surface area contributed by atoms with Crippen molar-refractivity contribution in [3.05, 3.63) is 59.2 Å². The van der Waals surface area contributed by atoms with Crippen LogP contribution in [0.3, 0.4) is 0 Å². The highest BCUT2D eigenvalue weighted by atomic mass is 16.5. The van der Waals surface area contributed by atoms with E-state index in [0.717, 1.165) is 17.6 Å². The number of aryl methyl sites for hydroxylation is 2. The first kappa shape index (κ1) is 14.1. The molecule has 0 aliphatic rings. The van der Waals surface area contributed by atoms with Crippen LogP contribution in [0.1, 0.15) is 21.5 Å². The van der Waals surface area contributed by atoms with Gasteiger partial charge in [-0.05, 0) is 43.2 Å². The number of ether oxygens (including phenoxy) is 2. The second kappa shape index (κ2) is 6.75. The third-order valence-corrected chi connectivity index (χ3v) is 2.95. The molecule has 0 fully saturated rings. The Morgan fingerprint density at radius 1 is 1.00 bits per heavy atom. The molecule has 3 nitrogen and oxygen atoms in total. The molecule has 2 rings (SSSR count). The van der Waals surface area contributed by atoms with Crippen LogP contribution in [0.2, 0.25) is 0 Å². The highest BCUT2D eigenvalue weighted by Crippen LogP contribution is 2.19. The summed E-state index contributed by atoms with van der Waals surface area (Å²) in [7, 11) is 0. The zero-order valence-electron chi connectivity index (χ0n) is 11.8. The number of hydrogen-bond donors (Lipinski definition) is 0. The largest absolute Gasteiger partial charge is 0.490 e. The third kappa shape index (κ3) is 3.85. The van der Waals surface area contributed by atoms with E-state index in [4.69, 9.17) is 9.47 Å². The molecule has 0 spiro atoms. The molecule has 0 aromatic heterocycles. The van der Waals surface area contributed by atoms with E-state index in [1.807, 2.05) is 32.0 Å². The molecule has 0 aliphatic carbocycles. The Labute approximate surface area is 119 Å². The van der Waals surface area contributed by atoms with Crippen molar-refractivity contribution in [1.29, 1.82) is 0 Å². The van der Waals surface area contributed by atoms with Crippen molar-refractivity contribution in [3.63, 3.8) is 0 Å². The van der Waals surface area contributed by atoms with Crippen molar-refractivity contribution in [2.24, 2.45) is 0 Å². The molecule has 0 saturated carbocycles. The van der Waals surface area contributed by atoms with Gasteiger partial charge >= 0.3 is 0 Å². The highest BCUT2D eigenvalue weighted by molar-refractivity contribution is 5.75. The number of carbonyl (C=O) groups excluding carboxylic acids is 1. The van der Waals surface area contributed by atoms with Crippen LogP contribution in [0.25, 0.3) is 0 Å². The van der Waals surface area contributed by atoms with Gasteiger partial charge in [0.15, 0.2) is 0 Å². The van der Waals surface area contributed by atoms with Crippen molar-refractivity contribution in [3.8, 4) is 11.5 Å². The first-order valence-corrected chi connectivity index (χ1v) is 6.57. The van der Waals surface area contributed by atoms with Crippen molar-refractivity contribution >= 4 is 6.29 Å². The number of hydrogen-bond acceptors (Lipinski definition) is 3. The molecule has 0 unspecified atom stereocenters. The second-order valence-corrected chi connectivity index (χ2v) is 4.66. The number of aldehydes is 1. The smallest absolute Gasteiger partial charge is 0.150 e. The maximum atomic E-state index is 10.7. The summed E-state index contributed by atoms with van der Waals surface area (Å²) >= 11 is 0. The average Bonchev–Trinajstić information content (AvgIpc) is 2.47. The minimum absolute atomic E-state index is 0.440. The van der Waals surface area contributed by atoms with E-state index in [0.29, 0.717) is 24.5 Å². The van der Waals surface area contributed by atoms with Crippen LogP contribution in [-0.2, 0) is 0 Å². The van der Waals surface area contributed by atoms with Crippen LogP contribution < -0.4 is 9.47 Å². The molecule has 0 heterocycles. The van der Waals surface area contributed by atoms with Gasteiger partial charge in [0.1, 0.15) is 31.0 Å². The van der Waals surface area contributed by atoms with Crippen LogP contribution in [0.4, 0.5) is 0 Å². The predicted molar refractivity (Wildman–Crippen MR) is 78.7 cm³/mol. The Morgan fingerprint density at radius 2 is 1.80 bits per heavy atom. The fraction of sp³-hybridized carbons (Fsp3) is 0.235. The van der Waals surface area contributed by atoms with Gasteiger partial charge in [-0.15, -0.1) is 0 Å². The summed E-state index contributed by atoms with van der Waals surface area (Å²) in [6.07, 6.45) is 0.805. The van der Waals surface area contributed by atoms with Crippen LogP contribution in [0.15, 0.2) is 42.5 Å². The maximum absolute atomic E-state index is 10.7. The van der Waals surface area contributed by atoms with E-state index in [2.05, 4.69) is 6.07 Å². The van der Waals surface area contributed by atoms with Crippen LogP contribution in [-0.4, -0.2) is 19.5 Å². The summed E-state index contributed by atoms with van der Waals surface area (Å²) < 4.78 is 11.3. The molecule has 2 aromatic carbocycles. The maximum Gasteiger partial charge on any atom is 0.150 e. The lowest BCUT2D eigenvalue weighted by Gasteiger charge is -2.11. The molecular weight excluding hydrogens is 252 g/mol. The lowest BCUT2D eigenvalue weighted by molar-refractivity contribution is 0.112. The van der Waals surface area contributed by atoms with Gasteiger partial charge in [-0.2, -0.15) is 0 Å². The number of carbonyl (C=O) groups is 1. The fourth-order valence-electron chi connectivity index (χ4n) is 1.85. The van der Waals surface area contributed by atoms with E-state index in [1.165, 1.54) is 5.56 Å². The molecule has 0 atom stereocenters. The molecule has 0 bridgehead atoms. The van der Waals surface area contributed by atoms with E-state index in [1.54, 1.807) is 18.2 Å². The van der Waals surface area contributed by atoms with Gasteiger partial charge in [-0.1, -0.05) is 24.3 Å². The monoisotopic (exact) mass is 270 g/mol. The lowest BCUT2D eigenvalue weighted by atomic mass is 10.1. The zero-order chi connectivity index (χ0) is 14.4. The quantitative estimate of drug-likeness (QED) is 0.594. The van der Waals surface area contributed by atoms with E-state index < -0.39 is 0 Å². The van der Waals surface area contributed by atoms with Crippen LogP contribution in [0.5, 0.6) is 11.5 Å². The van der Waals surface area contributed by atoms with Crippen molar-refractivity contribution in [1.82, 2.24) is 0 Å². The Kier molecular flexibility index (Phi) is 4.77. The highest BCUT2D eigenvalue weighted by Gasteiger charge is 2.00. The molecule has 0 saturated heterocycles. The zero-order valence-corrected chi connectivity index (χ0v) is 11.8. The van der Waals surface area contributed by atoms with E-state index in [9.17, 15) is 4.79 Å². The summed E-state index contributed by atoms with van der Waals surface area (Å²) in [5, 5.41) is 0. The third-order valence-electron chi connectivity index (χ3n) is 2.95. The molecule has 20 heavy (non-hydrogen) atoms. The van der Waals surface area contributed by atoms with Crippen molar-refractivity contribution < 1.29 is 14.3 Å². The summed E-state index contributed by atoms with van der Waals surface area (Å²) in [6.45, 7) is 4.96. The lowest BCUT2D eigenvalue weighted by Crippen LogP contribution is -2.09. The molecule has 0 amide bonds. The van der Waals surface area contributed by atoms with Gasteiger partial charge in [0.05, 0.1) is 0 Å². The molecule has 3 heteroatoms. The first-order valence-electron chi connectivity index (χ1n) is 6.57. The predicted octanol–water partition coefficient (Wildman–Crippen LogP) is 3.57. The van der Waals surface area contributed by atoms with Gasteiger partial charge in [-0.3, -0.25) is 4.79 Å². The van der Waals surface area contributed by atoms with Crippen molar-refractivity contribution in [2.75, 3.05) is 13.2 Å². The van der Waals surface area contributed by atoms with E-state index in [-0.39, 0.29) is 0 Å². The molecule has 0 N–H and O–H groups in total. The Hall–Kier alpha value is -2.29. The van der Waals surface area contributed by atoms with Crippen LogP contribution in [0, 0.1) is 13.8 Å². The van der Waals surface area contributed by atoms with Gasteiger partial charge < -0.3 is 9.47 Å². The topological polar surface area (TPSA) is 35.5 Å². The number of rotatable bonds is 6. The van der Waals surface area contributed by atoms with Gasteiger partial charge in [0.2, 0.25) is 0 Å². The number of benzene rings is 2. The van der Waals surface area contributed by atoms with Crippen LogP contribution >= 0.6 is 0 Å². The molecule has 2 aromatic rings. The summed E-state index contributed by atoms with van der Waals surface area (Å²) in [5.74, 6) is 1.56. The fourth-order valence-corrected chi connectivity index (χ4v) is 1.85. The summed E-state index contributed by atoms with van der Waals surface area (Å²) in [5.41, 5.74) is 2.89. The van der Waals surface area contributed by atoms with Gasteiger partial charge in [0, 0.05) is 5.56 Å². The minimum Gasteiger partial charge on any atom is -0.490 e. The molecule has 104 valence electrons. The summed E-state index contributed by atoms with van der Waals surface area (Å²) in [6, 6.07) is 13.2. The van der Waals surface area contributed by atoms with Gasteiger partial charge in [-0.25, -0.2) is 0 Å². The Balaban J connectivity index is 1.84. The molecular formula is C17H18O3. The second-order valence-electron chi connectivity index (χ2n) is 4.66. The molecule has 0 radical (unpaired) electrons. The van der Waals surface area contributed by atoms with Gasteiger partial charge in [0.25, 0.3) is 0 Å². The summed E-state index contributed by atoms with van der Waals surface area (Å²) in [4.78, 5) is 10.7. The normalized spacial score (nSPS) is 10.1. The first-order chi connectivity index (χ1) is 9.69. The van der Waals surface area contributed by atoms with Crippen molar-refractivity contribution in [2.45, 2.75) is 13.8 Å². The minimum atomic E-state index is 0.440. The standard InChI is InChI=1S/C17H18O3/c1-13-6-7-14(2)17(10-13)20-9-8-19-16-5-3-4-15(11-16)12-18/h3-7,10-12H,8-9H2,1-2H3. The Morgan fingerprint density at radius 3 is 2.60 bits per heavy atom. The van der Waals surface area contributed by atoms with E-state index >= 15 is 0 Å². The SMILES string of the molecule is Cc1ccc(C)c(OCCOc2cccc(C=O)c2)c1. The Bertz CT molecular complexity index is 591. The average molecular weight is 270 g/mol.